The number of ether oxygens (including phenoxy) is 2. The lowest BCUT2D eigenvalue weighted by molar-refractivity contribution is -0.132. The topological polar surface area (TPSA) is 96.5 Å². The molecule has 0 N–H and O–H groups in total. The normalized spacial score (nSPS) is 17.4. The Bertz CT molecular complexity index is 1310. The number of nitrogens with zero attached hydrogens (tertiary/aromatic N) is 3. The quantitative estimate of drug-likeness (QED) is 0.520. The van der Waals surface area contributed by atoms with Crippen LogP contribution >= 0.6 is 15.9 Å². The van der Waals surface area contributed by atoms with Crippen LogP contribution in [0.4, 0.5) is 5.69 Å². The van der Waals surface area contributed by atoms with Crippen molar-refractivity contribution in [1.82, 2.24) is 9.80 Å². The second kappa shape index (κ2) is 10.0. The molecule has 0 atom stereocenters. The van der Waals surface area contributed by atoms with Crippen LogP contribution in [-0.4, -0.2) is 75.3 Å². The van der Waals surface area contributed by atoms with Gasteiger partial charge in [0, 0.05) is 62.8 Å². The number of piperazine rings is 1. The molecule has 3 aliphatic heterocycles. The third-order valence-electron chi connectivity index (χ3n) is 6.90. The number of fused-ring (bicyclic) bond motifs is 2. The van der Waals surface area contributed by atoms with Crippen molar-refractivity contribution in [3.8, 4) is 11.5 Å². The zero-order valence-corrected chi connectivity index (χ0v) is 22.4. The Morgan fingerprint density at radius 2 is 1.75 bits per heavy atom. The lowest BCUT2D eigenvalue weighted by Crippen LogP contribution is -2.48. The molecule has 36 heavy (non-hydrogen) atoms. The van der Waals surface area contributed by atoms with E-state index in [4.69, 9.17) is 9.47 Å². The van der Waals surface area contributed by atoms with Gasteiger partial charge in [0.2, 0.25) is 18.6 Å². The van der Waals surface area contributed by atoms with Crippen LogP contribution in [0.5, 0.6) is 11.5 Å². The summed E-state index contributed by atoms with van der Waals surface area (Å²) in [5, 5.41) is 0. The van der Waals surface area contributed by atoms with Gasteiger partial charge in [0.25, 0.3) is 0 Å². The van der Waals surface area contributed by atoms with Gasteiger partial charge in [-0.15, -0.1) is 0 Å². The summed E-state index contributed by atoms with van der Waals surface area (Å²) >= 11 is 3.38. The minimum absolute atomic E-state index is 0.0789. The highest BCUT2D eigenvalue weighted by atomic mass is 79.9. The first-order valence-corrected chi connectivity index (χ1v) is 14.4. The van der Waals surface area contributed by atoms with Gasteiger partial charge in [-0.1, -0.05) is 6.07 Å². The minimum atomic E-state index is -3.72. The third kappa shape index (κ3) is 5.09. The van der Waals surface area contributed by atoms with E-state index >= 15 is 0 Å². The van der Waals surface area contributed by atoms with E-state index in [1.54, 1.807) is 21.9 Å². The number of anilines is 1. The number of carbonyl (C=O) groups is 2. The van der Waals surface area contributed by atoms with Crippen LogP contribution in [0.15, 0.2) is 39.7 Å². The third-order valence-corrected chi connectivity index (χ3v) is 9.56. The molecule has 0 saturated carbocycles. The Morgan fingerprint density at radius 3 is 2.50 bits per heavy atom. The van der Waals surface area contributed by atoms with Crippen LogP contribution in [-0.2, 0) is 32.4 Å². The summed E-state index contributed by atoms with van der Waals surface area (Å²) in [6, 6.07) is 9.24. The van der Waals surface area contributed by atoms with Gasteiger partial charge in [-0.25, -0.2) is 8.42 Å². The lowest BCUT2D eigenvalue weighted by atomic mass is 10.1. The first-order chi connectivity index (χ1) is 17.2. The van der Waals surface area contributed by atoms with E-state index in [1.807, 2.05) is 18.2 Å². The van der Waals surface area contributed by atoms with Crippen molar-refractivity contribution in [2.75, 3.05) is 50.2 Å². The number of carbonyl (C=O) groups excluding carboxylic acids is 2. The van der Waals surface area contributed by atoms with E-state index < -0.39 is 9.84 Å². The summed E-state index contributed by atoms with van der Waals surface area (Å²) in [6.45, 7) is 5.54. The summed E-state index contributed by atoms with van der Waals surface area (Å²) in [4.78, 5) is 30.5. The summed E-state index contributed by atoms with van der Waals surface area (Å²) in [5.74, 6) is 0.954. The van der Waals surface area contributed by atoms with Crippen molar-refractivity contribution in [3.05, 3.63) is 45.9 Å². The highest BCUT2D eigenvalue weighted by molar-refractivity contribution is 9.10. The fraction of sp³-hybridized carbons (Fsp3) is 0.440. The van der Waals surface area contributed by atoms with Crippen LogP contribution in [0, 0.1) is 0 Å². The first-order valence-electron chi connectivity index (χ1n) is 11.9. The zero-order chi connectivity index (χ0) is 25.4. The number of halogens is 1. The number of hydrogen-bond donors (Lipinski definition) is 0. The largest absolute Gasteiger partial charge is 0.454 e. The average molecular weight is 578 g/mol. The molecule has 9 nitrogen and oxygen atoms in total. The van der Waals surface area contributed by atoms with Crippen molar-refractivity contribution >= 4 is 43.3 Å². The van der Waals surface area contributed by atoms with Crippen LogP contribution < -0.4 is 14.4 Å². The summed E-state index contributed by atoms with van der Waals surface area (Å²) in [6.07, 6.45) is 0.609. The smallest absolute Gasteiger partial charge is 0.231 e. The van der Waals surface area contributed by atoms with Gasteiger partial charge in [0.1, 0.15) is 0 Å². The Balaban J connectivity index is 1.16. The number of amides is 2. The van der Waals surface area contributed by atoms with E-state index in [-0.39, 0.29) is 35.7 Å². The van der Waals surface area contributed by atoms with Gasteiger partial charge in [-0.2, -0.15) is 0 Å². The Kier molecular flexibility index (Phi) is 6.97. The molecule has 0 aromatic heterocycles. The molecule has 0 bridgehead atoms. The molecule has 2 aromatic rings. The van der Waals surface area contributed by atoms with Crippen molar-refractivity contribution < 1.29 is 27.5 Å². The van der Waals surface area contributed by atoms with Crippen molar-refractivity contribution in [2.24, 2.45) is 0 Å². The first kappa shape index (κ1) is 25.0. The summed E-state index contributed by atoms with van der Waals surface area (Å²) < 4.78 is 37.5. The molecular formula is C25H28BrN3O6S. The molecule has 1 fully saturated rings. The van der Waals surface area contributed by atoms with Gasteiger partial charge in [-0.3, -0.25) is 14.5 Å². The predicted octanol–water partition coefficient (Wildman–Crippen LogP) is 2.60. The predicted molar refractivity (Wildman–Crippen MR) is 137 cm³/mol. The van der Waals surface area contributed by atoms with Gasteiger partial charge in [0.15, 0.2) is 21.3 Å². The molecule has 1 saturated heterocycles. The Hall–Kier alpha value is -2.63. The van der Waals surface area contributed by atoms with Crippen LogP contribution in [0.3, 0.4) is 0 Å². The van der Waals surface area contributed by atoms with E-state index in [2.05, 4.69) is 20.8 Å². The molecule has 2 aromatic carbocycles. The van der Waals surface area contributed by atoms with E-state index in [0.29, 0.717) is 49.3 Å². The fourth-order valence-corrected chi connectivity index (χ4v) is 7.34. The molecule has 5 rings (SSSR count). The standard InChI is InChI=1S/C25H28BrN3O6S/c1-17(30)29-6-4-19-13-20(26)24(14-21(19)29)36(32,33)11-5-25(31)28-9-7-27(8-10-28)15-18-2-3-22-23(12-18)35-16-34-22/h2-3,12-14H,4-11,15-16H2,1H3. The molecule has 0 aliphatic carbocycles. The maximum Gasteiger partial charge on any atom is 0.231 e. The molecule has 0 unspecified atom stereocenters. The van der Waals surface area contributed by atoms with Crippen molar-refractivity contribution in [2.45, 2.75) is 31.2 Å². The molecule has 3 heterocycles. The Morgan fingerprint density at radius 1 is 1.00 bits per heavy atom. The van der Waals surface area contributed by atoms with E-state index in [0.717, 1.165) is 29.2 Å². The lowest BCUT2D eigenvalue weighted by Gasteiger charge is -2.34. The molecule has 11 heteroatoms. The van der Waals surface area contributed by atoms with Gasteiger partial charge < -0.3 is 19.3 Å². The second-order valence-corrected chi connectivity index (χ2v) is 12.2. The number of rotatable bonds is 6. The van der Waals surface area contributed by atoms with Gasteiger partial charge in [0.05, 0.1) is 10.6 Å². The van der Waals surface area contributed by atoms with Crippen LogP contribution in [0.25, 0.3) is 0 Å². The number of hydrogen-bond acceptors (Lipinski definition) is 7. The molecule has 2 amide bonds. The highest BCUT2D eigenvalue weighted by Crippen LogP contribution is 2.36. The van der Waals surface area contributed by atoms with Crippen LogP contribution in [0.2, 0.25) is 0 Å². The van der Waals surface area contributed by atoms with Crippen LogP contribution in [0.1, 0.15) is 24.5 Å². The van der Waals surface area contributed by atoms with Gasteiger partial charge >= 0.3 is 0 Å². The summed E-state index contributed by atoms with van der Waals surface area (Å²) in [5.41, 5.74) is 2.69. The Labute approximate surface area is 219 Å². The average Bonchev–Trinajstić information content (AvgIpc) is 3.49. The molecule has 0 spiro atoms. The van der Waals surface area contributed by atoms with Crippen molar-refractivity contribution in [3.63, 3.8) is 0 Å². The number of benzene rings is 2. The molecular weight excluding hydrogens is 550 g/mol. The molecule has 192 valence electrons. The maximum atomic E-state index is 13.1. The van der Waals surface area contributed by atoms with Gasteiger partial charge in [-0.05, 0) is 57.7 Å². The number of sulfone groups is 1. The summed E-state index contributed by atoms with van der Waals surface area (Å²) in [7, 11) is -3.72. The molecule has 0 radical (unpaired) electrons. The van der Waals surface area contributed by atoms with E-state index in [9.17, 15) is 18.0 Å². The van der Waals surface area contributed by atoms with E-state index in [1.165, 1.54) is 6.92 Å². The fourth-order valence-electron chi connectivity index (χ4n) is 4.90. The zero-order valence-electron chi connectivity index (χ0n) is 20.0. The maximum absolute atomic E-state index is 13.1. The SMILES string of the molecule is CC(=O)N1CCc2cc(Br)c(S(=O)(=O)CCC(=O)N3CCN(Cc4ccc5c(c4)OCO5)CC3)cc21. The molecule has 3 aliphatic rings. The highest BCUT2D eigenvalue weighted by Gasteiger charge is 2.29. The monoisotopic (exact) mass is 577 g/mol. The van der Waals surface area contributed by atoms with Crippen molar-refractivity contribution in [1.29, 1.82) is 0 Å². The second-order valence-electron chi connectivity index (χ2n) is 9.25. The minimum Gasteiger partial charge on any atom is -0.454 e.